The Morgan fingerprint density at radius 3 is 2.57 bits per heavy atom. The molecule has 1 N–H and O–H groups in total. The van der Waals surface area contributed by atoms with E-state index in [1.807, 2.05) is 37.3 Å². The van der Waals surface area contributed by atoms with Crippen LogP contribution in [-0.4, -0.2) is 25.9 Å². The van der Waals surface area contributed by atoms with Crippen molar-refractivity contribution in [1.82, 2.24) is 5.32 Å². The molecule has 2 aromatic carbocycles. The first-order valence-corrected chi connectivity index (χ1v) is 7.24. The number of carbonyl (C=O) groups is 2. The van der Waals surface area contributed by atoms with Crippen LogP contribution in [-0.2, 0) is 4.79 Å². The Bertz CT molecular complexity index is 670. The van der Waals surface area contributed by atoms with Crippen LogP contribution in [0.1, 0.15) is 28.9 Å². The largest absolute Gasteiger partial charge is 0.493 e. The third-order valence-electron chi connectivity index (χ3n) is 3.36. The van der Waals surface area contributed by atoms with E-state index in [2.05, 4.69) is 5.32 Å². The zero-order chi connectivity index (χ0) is 16.7. The molecule has 0 bridgehead atoms. The summed E-state index contributed by atoms with van der Waals surface area (Å²) in [6, 6.07) is 14.4. The van der Waals surface area contributed by atoms with Crippen molar-refractivity contribution in [3.05, 3.63) is 59.7 Å². The average Bonchev–Trinajstić information content (AvgIpc) is 2.60. The third kappa shape index (κ3) is 4.57. The summed E-state index contributed by atoms with van der Waals surface area (Å²) in [5, 5.41) is 2.87. The van der Waals surface area contributed by atoms with Crippen LogP contribution in [0.5, 0.6) is 11.5 Å². The van der Waals surface area contributed by atoms with Gasteiger partial charge in [0.2, 0.25) is 0 Å². The number of nitrogens with one attached hydrogen (secondary N) is 1. The Balaban J connectivity index is 1.93. The van der Waals surface area contributed by atoms with Gasteiger partial charge in [-0.3, -0.25) is 9.59 Å². The monoisotopic (exact) mass is 313 g/mol. The number of methoxy groups -OCH3 is 1. The SMILES string of the molecule is COc1cc(C=O)ccc1OCC(=O)N[C@H](C)c1ccccc1. The fourth-order valence-electron chi connectivity index (χ4n) is 2.13. The fourth-order valence-corrected chi connectivity index (χ4v) is 2.13. The molecule has 1 atom stereocenters. The van der Waals surface area contributed by atoms with Crippen LogP contribution < -0.4 is 14.8 Å². The lowest BCUT2D eigenvalue weighted by Gasteiger charge is -2.15. The number of hydrogen-bond donors (Lipinski definition) is 1. The second kappa shape index (κ2) is 7.98. The Labute approximate surface area is 135 Å². The van der Waals surface area contributed by atoms with Crippen molar-refractivity contribution in [2.24, 2.45) is 0 Å². The number of benzene rings is 2. The second-order valence-corrected chi connectivity index (χ2v) is 5.02. The van der Waals surface area contributed by atoms with Gasteiger partial charge in [0, 0.05) is 5.56 Å². The first kappa shape index (κ1) is 16.5. The van der Waals surface area contributed by atoms with Crippen molar-refractivity contribution in [2.45, 2.75) is 13.0 Å². The minimum atomic E-state index is -0.233. The lowest BCUT2D eigenvalue weighted by Crippen LogP contribution is -2.31. The van der Waals surface area contributed by atoms with Gasteiger partial charge in [-0.15, -0.1) is 0 Å². The van der Waals surface area contributed by atoms with Crippen LogP contribution in [0.15, 0.2) is 48.5 Å². The predicted molar refractivity (Wildman–Crippen MR) is 86.9 cm³/mol. The molecule has 1 amide bonds. The van der Waals surface area contributed by atoms with Gasteiger partial charge in [0.05, 0.1) is 13.2 Å². The summed E-state index contributed by atoms with van der Waals surface area (Å²) in [5.41, 5.74) is 1.50. The van der Waals surface area contributed by atoms with Gasteiger partial charge >= 0.3 is 0 Å². The first-order valence-electron chi connectivity index (χ1n) is 7.24. The zero-order valence-corrected chi connectivity index (χ0v) is 13.1. The Hall–Kier alpha value is -2.82. The van der Waals surface area contributed by atoms with Gasteiger partial charge in [-0.1, -0.05) is 30.3 Å². The minimum Gasteiger partial charge on any atom is -0.493 e. The molecule has 5 heteroatoms. The molecule has 0 aliphatic carbocycles. The molecule has 0 aliphatic rings. The summed E-state index contributed by atoms with van der Waals surface area (Å²) in [5.74, 6) is 0.599. The van der Waals surface area contributed by atoms with Gasteiger partial charge in [-0.25, -0.2) is 0 Å². The smallest absolute Gasteiger partial charge is 0.258 e. The van der Waals surface area contributed by atoms with Gasteiger partial charge in [0.25, 0.3) is 5.91 Å². The maximum absolute atomic E-state index is 12.0. The number of carbonyl (C=O) groups excluding carboxylic acids is 2. The molecule has 2 rings (SSSR count). The molecule has 0 fully saturated rings. The molecular formula is C18H19NO4. The highest BCUT2D eigenvalue weighted by atomic mass is 16.5. The van der Waals surface area contributed by atoms with E-state index in [1.165, 1.54) is 7.11 Å². The van der Waals surface area contributed by atoms with Gasteiger partial charge < -0.3 is 14.8 Å². The van der Waals surface area contributed by atoms with Crippen LogP contribution in [0.4, 0.5) is 0 Å². The Morgan fingerprint density at radius 1 is 1.17 bits per heavy atom. The lowest BCUT2D eigenvalue weighted by molar-refractivity contribution is -0.123. The topological polar surface area (TPSA) is 64.6 Å². The average molecular weight is 313 g/mol. The summed E-state index contributed by atoms with van der Waals surface area (Å²) in [6.07, 6.45) is 0.723. The molecule has 23 heavy (non-hydrogen) atoms. The van der Waals surface area contributed by atoms with Gasteiger partial charge in [0.15, 0.2) is 18.1 Å². The van der Waals surface area contributed by atoms with E-state index in [0.29, 0.717) is 17.1 Å². The van der Waals surface area contributed by atoms with Crippen molar-refractivity contribution >= 4 is 12.2 Å². The van der Waals surface area contributed by atoms with Gasteiger partial charge in [-0.2, -0.15) is 0 Å². The summed E-state index contributed by atoms with van der Waals surface area (Å²) >= 11 is 0. The Morgan fingerprint density at radius 2 is 1.91 bits per heavy atom. The van der Waals surface area contributed by atoms with Crippen LogP contribution in [0, 0.1) is 0 Å². The number of hydrogen-bond acceptors (Lipinski definition) is 4. The molecule has 5 nitrogen and oxygen atoms in total. The molecule has 120 valence electrons. The summed E-state index contributed by atoms with van der Waals surface area (Å²) in [7, 11) is 1.48. The number of aldehydes is 1. The van der Waals surface area contributed by atoms with Crippen molar-refractivity contribution in [3.63, 3.8) is 0 Å². The van der Waals surface area contributed by atoms with Gasteiger partial charge in [-0.05, 0) is 30.7 Å². The summed E-state index contributed by atoms with van der Waals surface area (Å²) < 4.78 is 10.6. The van der Waals surface area contributed by atoms with Gasteiger partial charge in [0.1, 0.15) is 6.29 Å². The molecule has 0 aromatic heterocycles. The minimum absolute atomic E-state index is 0.105. The maximum Gasteiger partial charge on any atom is 0.258 e. The van der Waals surface area contributed by atoms with E-state index in [9.17, 15) is 9.59 Å². The molecule has 2 aromatic rings. The molecule has 0 heterocycles. The molecule has 0 saturated heterocycles. The molecule has 0 spiro atoms. The van der Waals surface area contributed by atoms with E-state index in [1.54, 1.807) is 18.2 Å². The second-order valence-electron chi connectivity index (χ2n) is 5.02. The summed E-state index contributed by atoms with van der Waals surface area (Å²) in [4.78, 5) is 22.7. The quantitative estimate of drug-likeness (QED) is 0.798. The predicted octanol–water partition coefficient (Wildman–Crippen LogP) is 2.76. The fraction of sp³-hybridized carbons (Fsp3) is 0.222. The molecule has 0 unspecified atom stereocenters. The van der Waals surface area contributed by atoms with Crippen LogP contribution >= 0.6 is 0 Å². The number of rotatable bonds is 7. The number of amides is 1. The number of ether oxygens (including phenoxy) is 2. The van der Waals surface area contributed by atoms with E-state index in [0.717, 1.165) is 11.8 Å². The standard InChI is InChI=1S/C18H19NO4/c1-13(15-6-4-3-5-7-15)19-18(21)12-23-16-9-8-14(11-20)10-17(16)22-2/h3-11,13H,12H2,1-2H3,(H,19,21)/t13-/m1/s1. The summed E-state index contributed by atoms with van der Waals surface area (Å²) in [6.45, 7) is 1.78. The molecule has 0 saturated carbocycles. The molecular weight excluding hydrogens is 294 g/mol. The molecule has 0 aliphatic heterocycles. The van der Waals surface area contributed by atoms with Crippen LogP contribution in [0.2, 0.25) is 0 Å². The first-order chi connectivity index (χ1) is 11.1. The van der Waals surface area contributed by atoms with Crippen molar-refractivity contribution in [3.8, 4) is 11.5 Å². The van der Waals surface area contributed by atoms with Crippen LogP contribution in [0.25, 0.3) is 0 Å². The van der Waals surface area contributed by atoms with E-state index >= 15 is 0 Å². The maximum atomic E-state index is 12.0. The Kier molecular flexibility index (Phi) is 5.74. The van der Waals surface area contributed by atoms with E-state index in [-0.39, 0.29) is 18.6 Å². The normalized spacial score (nSPS) is 11.4. The zero-order valence-electron chi connectivity index (χ0n) is 13.1. The van der Waals surface area contributed by atoms with Crippen molar-refractivity contribution < 1.29 is 19.1 Å². The van der Waals surface area contributed by atoms with Crippen molar-refractivity contribution in [1.29, 1.82) is 0 Å². The third-order valence-corrected chi connectivity index (χ3v) is 3.36. The highest BCUT2D eigenvalue weighted by molar-refractivity contribution is 5.78. The lowest BCUT2D eigenvalue weighted by atomic mass is 10.1. The highest BCUT2D eigenvalue weighted by Gasteiger charge is 2.11. The van der Waals surface area contributed by atoms with E-state index < -0.39 is 0 Å². The van der Waals surface area contributed by atoms with Crippen molar-refractivity contribution in [2.75, 3.05) is 13.7 Å². The van der Waals surface area contributed by atoms with E-state index in [4.69, 9.17) is 9.47 Å². The van der Waals surface area contributed by atoms with Crippen LogP contribution in [0.3, 0.4) is 0 Å². The highest BCUT2D eigenvalue weighted by Crippen LogP contribution is 2.27. The molecule has 0 radical (unpaired) electrons.